The first-order chi connectivity index (χ1) is 8.05. The van der Waals surface area contributed by atoms with Crippen LogP contribution in [0, 0.1) is 17.8 Å². The zero-order valence-corrected chi connectivity index (χ0v) is 10.6. The van der Waals surface area contributed by atoms with Gasteiger partial charge < -0.3 is 5.11 Å². The largest absolute Gasteiger partial charge is 0.390 e. The molecule has 1 aromatic rings. The predicted molar refractivity (Wildman–Crippen MR) is 68.5 cm³/mol. The predicted octanol–water partition coefficient (Wildman–Crippen LogP) is 2.14. The van der Waals surface area contributed by atoms with Gasteiger partial charge in [0.1, 0.15) is 0 Å². The highest BCUT2D eigenvalue weighted by atomic mass is 16.3. The van der Waals surface area contributed by atoms with Gasteiger partial charge in [-0.05, 0) is 37.2 Å². The summed E-state index contributed by atoms with van der Waals surface area (Å²) >= 11 is 0. The Kier molecular flexibility index (Phi) is 2.53. The highest BCUT2D eigenvalue weighted by molar-refractivity contribution is 5.16. The van der Waals surface area contributed by atoms with E-state index in [1.165, 1.54) is 5.56 Å². The zero-order chi connectivity index (χ0) is 12.0. The molecule has 1 aromatic carbocycles. The fraction of sp³-hybridized carbons (Fsp3) is 0.600. The van der Waals surface area contributed by atoms with Gasteiger partial charge in [0.05, 0.1) is 5.60 Å². The summed E-state index contributed by atoms with van der Waals surface area (Å²) in [6, 6.07) is 10.7. The minimum atomic E-state index is -0.478. The van der Waals surface area contributed by atoms with Gasteiger partial charge in [-0.25, -0.2) is 0 Å². The second-order valence-electron chi connectivity index (χ2n) is 6.19. The number of hydrogen-bond donors (Lipinski definition) is 1. The molecule has 17 heavy (non-hydrogen) atoms. The van der Waals surface area contributed by atoms with Gasteiger partial charge in [-0.2, -0.15) is 0 Å². The molecule has 0 unspecified atom stereocenters. The molecule has 1 saturated heterocycles. The van der Waals surface area contributed by atoms with Crippen LogP contribution in [0.5, 0.6) is 0 Å². The van der Waals surface area contributed by atoms with E-state index in [2.05, 4.69) is 35.2 Å². The van der Waals surface area contributed by atoms with Crippen LogP contribution in [0.4, 0.5) is 0 Å². The van der Waals surface area contributed by atoms with E-state index in [9.17, 15) is 5.11 Å². The van der Waals surface area contributed by atoms with E-state index in [1.54, 1.807) is 0 Å². The first kappa shape index (κ1) is 11.2. The third kappa shape index (κ3) is 2.12. The van der Waals surface area contributed by atoms with Crippen molar-refractivity contribution in [2.24, 2.45) is 17.8 Å². The number of likely N-dealkylation sites (tertiary alicyclic amines) is 1. The van der Waals surface area contributed by atoms with E-state index >= 15 is 0 Å². The molecule has 3 rings (SSSR count). The van der Waals surface area contributed by atoms with Crippen molar-refractivity contribution in [2.45, 2.75) is 26.0 Å². The molecule has 3 atom stereocenters. The van der Waals surface area contributed by atoms with Crippen LogP contribution < -0.4 is 0 Å². The van der Waals surface area contributed by atoms with Crippen LogP contribution in [-0.4, -0.2) is 28.7 Å². The minimum Gasteiger partial charge on any atom is -0.390 e. The fourth-order valence-corrected chi connectivity index (χ4v) is 3.63. The Labute approximate surface area is 103 Å². The second kappa shape index (κ2) is 3.82. The Morgan fingerprint density at radius 1 is 1.18 bits per heavy atom. The lowest BCUT2D eigenvalue weighted by Crippen LogP contribution is -2.31. The van der Waals surface area contributed by atoms with Crippen molar-refractivity contribution in [1.29, 1.82) is 0 Å². The summed E-state index contributed by atoms with van der Waals surface area (Å²) in [7, 11) is 0. The van der Waals surface area contributed by atoms with Gasteiger partial charge in [-0.3, -0.25) is 4.90 Å². The quantitative estimate of drug-likeness (QED) is 0.861. The molecule has 0 amide bonds. The van der Waals surface area contributed by atoms with Gasteiger partial charge in [-0.1, -0.05) is 30.3 Å². The van der Waals surface area contributed by atoms with Crippen LogP contribution in [0.3, 0.4) is 0 Å². The summed E-state index contributed by atoms with van der Waals surface area (Å²) in [5.74, 6) is 2.01. The number of benzene rings is 1. The summed E-state index contributed by atoms with van der Waals surface area (Å²) in [5.41, 5.74) is 0.919. The zero-order valence-electron chi connectivity index (χ0n) is 10.6. The van der Waals surface area contributed by atoms with E-state index in [4.69, 9.17) is 0 Å². The van der Waals surface area contributed by atoms with Gasteiger partial charge >= 0.3 is 0 Å². The van der Waals surface area contributed by atoms with E-state index in [1.807, 2.05) is 13.8 Å². The van der Waals surface area contributed by atoms with E-state index < -0.39 is 5.60 Å². The van der Waals surface area contributed by atoms with Gasteiger partial charge in [0.25, 0.3) is 0 Å². The van der Waals surface area contributed by atoms with Crippen molar-refractivity contribution in [3.05, 3.63) is 35.9 Å². The monoisotopic (exact) mass is 231 g/mol. The maximum atomic E-state index is 10.0. The van der Waals surface area contributed by atoms with Crippen molar-refractivity contribution in [2.75, 3.05) is 13.1 Å². The van der Waals surface area contributed by atoms with E-state index in [0.717, 1.165) is 31.5 Å². The first-order valence-electron chi connectivity index (χ1n) is 6.54. The molecule has 1 aliphatic carbocycles. The molecule has 0 aromatic heterocycles. The Morgan fingerprint density at radius 2 is 1.76 bits per heavy atom. The van der Waals surface area contributed by atoms with Gasteiger partial charge in [-0.15, -0.1) is 0 Å². The van der Waals surface area contributed by atoms with Crippen molar-refractivity contribution in [3.8, 4) is 0 Å². The Balaban J connectivity index is 1.56. The van der Waals surface area contributed by atoms with Crippen LogP contribution in [0.15, 0.2) is 30.3 Å². The standard InChI is InChI=1S/C15H21NO/c1-15(2,17)14-12-9-16(10-13(12)14)8-11-6-4-3-5-7-11/h3-7,12-14,17H,8-10H2,1-2H3/t12-,13+,14+. The van der Waals surface area contributed by atoms with Crippen LogP contribution >= 0.6 is 0 Å². The number of hydrogen-bond acceptors (Lipinski definition) is 2. The average Bonchev–Trinajstić information content (AvgIpc) is 2.80. The molecule has 1 N–H and O–H groups in total. The highest BCUT2D eigenvalue weighted by Gasteiger charge is 2.60. The molecule has 2 nitrogen and oxygen atoms in total. The van der Waals surface area contributed by atoms with Gasteiger partial charge in [0.2, 0.25) is 0 Å². The van der Waals surface area contributed by atoms with E-state index in [0.29, 0.717) is 5.92 Å². The van der Waals surface area contributed by atoms with Gasteiger partial charge in [0.15, 0.2) is 0 Å². The SMILES string of the molecule is CC(C)(O)[C@H]1[C@@H]2CN(Cc3ccccc3)C[C@@H]21. The molecule has 1 aliphatic heterocycles. The Morgan fingerprint density at radius 3 is 2.29 bits per heavy atom. The maximum Gasteiger partial charge on any atom is 0.0626 e. The Bertz CT molecular complexity index is 383. The summed E-state index contributed by atoms with van der Waals surface area (Å²) in [4.78, 5) is 2.52. The molecule has 2 heteroatoms. The van der Waals surface area contributed by atoms with Crippen molar-refractivity contribution in [3.63, 3.8) is 0 Å². The maximum absolute atomic E-state index is 10.0. The third-order valence-corrected chi connectivity index (χ3v) is 4.33. The lowest BCUT2D eigenvalue weighted by Gasteiger charge is -2.24. The van der Waals surface area contributed by atoms with E-state index in [-0.39, 0.29) is 0 Å². The molecular weight excluding hydrogens is 210 g/mol. The molecule has 92 valence electrons. The normalized spacial score (nSPS) is 32.5. The summed E-state index contributed by atoms with van der Waals surface area (Å²) in [6.07, 6.45) is 0. The summed E-state index contributed by atoms with van der Waals surface area (Å²) in [6.45, 7) is 7.30. The average molecular weight is 231 g/mol. The number of rotatable bonds is 3. The molecule has 0 bridgehead atoms. The lowest BCUT2D eigenvalue weighted by atomic mass is 9.99. The van der Waals surface area contributed by atoms with Crippen LogP contribution in [0.1, 0.15) is 19.4 Å². The summed E-state index contributed by atoms with van der Waals surface area (Å²) in [5, 5.41) is 10.0. The summed E-state index contributed by atoms with van der Waals surface area (Å²) < 4.78 is 0. The molecular formula is C15H21NO. The van der Waals surface area contributed by atoms with Gasteiger partial charge in [0, 0.05) is 19.6 Å². The molecule has 1 heterocycles. The lowest BCUT2D eigenvalue weighted by molar-refractivity contribution is 0.0367. The van der Waals surface area contributed by atoms with Crippen molar-refractivity contribution in [1.82, 2.24) is 4.90 Å². The number of fused-ring (bicyclic) bond motifs is 1. The van der Waals surface area contributed by atoms with Crippen LogP contribution in [-0.2, 0) is 6.54 Å². The fourth-order valence-electron chi connectivity index (χ4n) is 3.63. The van der Waals surface area contributed by atoms with Crippen LogP contribution in [0.2, 0.25) is 0 Å². The molecule has 2 fully saturated rings. The van der Waals surface area contributed by atoms with Crippen LogP contribution in [0.25, 0.3) is 0 Å². The van der Waals surface area contributed by atoms with Crippen molar-refractivity contribution < 1.29 is 5.11 Å². The number of piperidine rings is 1. The highest BCUT2D eigenvalue weighted by Crippen LogP contribution is 2.56. The topological polar surface area (TPSA) is 23.5 Å². The second-order valence-corrected chi connectivity index (χ2v) is 6.19. The molecule has 2 aliphatic rings. The minimum absolute atomic E-state index is 0.478. The molecule has 0 spiro atoms. The molecule has 1 saturated carbocycles. The molecule has 0 radical (unpaired) electrons. The first-order valence-corrected chi connectivity index (χ1v) is 6.54. The smallest absolute Gasteiger partial charge is 0.0626 e. The number of nitrogens with zero attached hydrogens (tertiary/aromatic N) is 1. The Hall–Kier alpha value is -0.860. The third-order valence-electron chi connectivity index (χ3n) is 4.33. The number of aliphatic hydroxyl groups is 1. The van der Waals surface area contributed by atoms with Crippen molar-refractivity contribution >= 4 is 0 Å².